The number of H-pyrrole nitrogens is 1. The molecule has 0 amide bonds. The molecule has 6 heteroatoms. The molecule has 0 unspecified atom stereocenters. The van der Waals surface area contributed by atoms with Crippen LogP contribution in [0.25, 0.3) is 11.2 Å². The fourth-order valence-corrected chi connectivity index (χ4v) is 2.46. The Labute approximate surface area is 122 Å². The van der Waals surface area contributed by atoms with Gasteiger partial charge in [0.15, 0.2) is 11.5 Å². The van der Waals surface area contributed by atoms with E-state index in [4.69, 9.17) is 5.73 Å². The maximum atomic E-state index is 5.76. The predicted molar refractivity (Wildman–Crippen MR) is 84.6 cm³/mol. The van der Waals surface area contributed by atoms with Crippen molar-refractivity contribution in [1.29, 1.82) is 0 Å². The number of hydrogen-bond donors (Lipinski definition) is 3. The monoisotopic (exact) mass is 282 g/mol. The number of aromatic amines is 1. The molecule has 0 aliphatic carbocycles. The number of para-hydroxylation sites is 1. The Bertz CT molecular complexity index is 755. The van der Waals surface area contributed by atoms with Crippen molar-refractivity contribution in [2.24, 2.45) is 0 Å². The second-order valence-electron chi connectivity index (χ2n) is 4.81. The van der Waals surface area contributed by atoms with Gasteiger partial charge in [-0.15, -0.1) is 0 Å². The largest absolute Gasteiger partial charge is 0.368 e. The molecular weight excluding hydrogens is 264 g/mol. The normalized spacial score (nSPS) is 11.0. The molecule has 3 aromatic rings. The van der Waals surface area contributed by atoms with E-state index in [1.54, 1.807) is 6.33 Å². The molecule has 2 heterocycles. The quantitative estimate of drug-likeness (QED) is 0.684. The van der Waals surface area contributed by atoms with Crippen LogP contribution in [0.1, 0.15) is 25.0 Å². The lowest BCUT2D eigenvalue weighted by Gasteiger charge is -2.15. The van der Waals surface area contributed by atoms with Gasteiger partial charge in [-0.3, -0.25) is 0 Å². The Hall–Kier alpha value is -2.63. The zero-order valence-corrected chi connectivity index (χ0v) is 12.1. The molecule has 1 aromatic carbocycles. The van der Waals surface area contributed by atoms with Crippen molar-refractivity contribution >= 4 is 28.6 Å². The fraction of sp³-hybridized carbons (Fsp3) is 0.267. The summed E-state index contributed by atoms with van der Waals surface area (Å²) < 4.78 is 0. The lowest BCUT2D eigenvalue weighted by molar-refractivity contribution is 1.08. The standard InChI is InChI=1S/C15H18N6/c1-3-9-6-5-7-10(4-2)11(9)19-14-12-13(18-8-17-12)20-15(16)21-14/h5-8H,3-4H2,1-2H3,(H4,16,17,18,19,20,21). The van der Waals surface area contributed by atoms with E-state index in [1.165, 1.54) is 11.1 Å². The summed E-state index contributed by atoms with van der Waals surface area (Å²) in [7, 11) is 0. The van der Waals surface area contributed by atoms with E-state index in [2.05, 4.69) is 57.3 Å². The lowest BCUT2D eigenvalue weighted by Crippen LogP contribution is -2.05. The summed E-state index contributed by atoms with van der Waals surface area (Å²) in [5.74, 6) is 0.870. The van der Waals surface area contributed by atoms with Crippen molar-refractivity contribution in [3.8, 4) is 0 Å². The molecule has 2 aromatic heterocycles. The van der Waals surface area contributed by atoms with E-state index in [-0.39, 0.29) is 5.95 Å². The molecule has 0 aliphatic heterocycles. The SMILES string of the molecule is CCc1cccc(CC)c1Nc1nc(N)nc2nc[nH]c12. The van der Waals surface area contributed by atoms with Gasteiger partial charge in [-0.05, 0) is 24.0 Å². The van der Waals surface area contributed by atoms with Crippen molar-refractivity contribution in [2.75, 3.05) is 11.1 Å². The van der Waals surface area contributed by atoms with E-state index in [9.17, 15) is 0 Å². The van der Waals surface area contributed by atoms with Crippen LogP contribution in [0.5, 0.6) is 0 Å². The van der Waals surface area contributed by atoms with Crippen molar-refractivity contribution < 1.29 is 0 Å². The number of imidazole rings is 1. The van der Waals surface area contributed by atoms with E-state index in [0.717, 1.165) is 24.0 Å². The van der Waals surface area contributed by atoms with Gasteiger partial charge in [-0.2, -0.15) is 9.97 Å². The number of aryl methyl sites for hydroxylation is 2. The Balaban J connectivity index is 2.12. The first kappa shape index (κ1) is 13.4. The average Bonchev–Trinajstić information content (AvgIpc) is 2.95. The Morgan fingerprint density at radius 3 is 2.52 bits per heavy atom. The highest BCUT2D eigenvalue weighted by atomic mass is 15.1. The maximum absolute atomic E-state index is 5.76. The average molecular weight is 282 g/mol. The molecule has 108 valence electrons. The molecule has 3 rings (SSSR count). The zero-order chi connectivity index (χ0) is 14.8. The number of aromatic nitrogens is 4. The molecule has 0 fully saturated rings. The highest BCUT2D eigenvalue weighted by Gasteiger charge is 2.12. The zero-order valence-electron chi connectivity index (χ0n) is 12.1. The van der Waals surface area contributed by atoms with Crippen LogP contribution in [0, 0.1) is 0 Å². The van der Waals surface area contributed by atoms with E-state index >= 15 is 0 Å². The molecule has 0 spiro atoms. The summed E-state index contributed by atoms with van der Waals surface area (Å²) in [5.41, 5.74) is 10.7. The molecule has 0 atom stereocenters. The van der Waals surface area contributed by atoms with Gasteiger partial charge in [0, 0.05) is 5.69 Å². The maximum Gasteiger partial charge on any atom is 0.224 e. The van der Waals surface area contributed by atoms with Gasteiger partial charge in [0.2, 0.25) is 5.95 Å². The molecule has 21 heavy (non-hydrogen) atoms. The minimum Gasteiger partial charge on any atom is -0.368 e. The van der Waals surface area contributed by atoms with Crippen molar-refractivity contribution in [2.45, 2.75) is 26.7 Å². The predicted octanol–water partition coefficient (Wildman–Crippen LogP) is 2.80. The number of rotatable bonds is 4. The minimum atomic E-state index is 0.212. The van der Waals surface area contributed by atoms with Gasteiger partial charge >= 0.3 is 0 Å². The number of nitrogens with one attached hydrogen (secondary N) is 2. The van der Waals surface area contributed by atoms with Gasteiger partial charge in [0.1, 0.15) is 5.52 Å². The van der Waals surface area contributed by atoms with Crippen molar-refractivity contribution in [3.05, 3.63) is 35.7 Å². The summed E-state index contributed by atoms with van der Waals surface area (Å²) in [6, 6.07) is 6.33. The number of anilines is 3. The first-order chi connectivity index (χ1) is 10.2. The first-order valence-corrected chi connectivity index (χ1v) is 7.07. The summed E-state index contributed by atoms with van der Waals surface area (Å²) >= 11 is 0. The van der Waals surface area contributed by atoms with Gasteiger partial charge in [-0.1, -0.05) is 32.0 Å². The molecule has 4 N–H and O–H groups in total. The minimum absolute atomic E-state index is 0.212. The summed E-state index contributed by atoms with van der Waals surface area (Å²) in [5, 5.41) is 3.41. The molecule has 0 saturated heterocycles. The molecular formula is C15H18N6. The smallest absolute Gasteiger partial charge is 0.224 e. The van der Waals surface area contributed by atoms with Crippen LogP contribution in [0.2, 0.25) is 0 Å². The molecule has 0 saturated carbocycles. The van der Waals surface area contributed by atoms with Crippen LogP contribution < -0.4 is 11.1 Å². The number of fused-ring (bicyclic) bond motifs is 1. The third-order valence-electron chi connectivity index (χ3n) is 3.55. The third-order valence-corrected chi connectivity index (χ3v) is 3.55. The lowest BCUT2D eigenvalue weighted by atomic mass is 10.0. The Morgan fingerprint density at radius 1 is 1.14 bits per heavy atom. The number of nitrogen functional groups attached to an aromatic ring is 1. The molecule has 0 bridgehead atoms. The number of nitrogens with zero attached hydrogens (tertiary/aromatic N) is 3. The highest BCUT2D eigenvalue weighted by molar-refractivity contribution is 5.86. The number of benzene rings is 1. The van der Waals surface area contributed by atoms with Crippen LogP contribution in [-0.2, 0) is 12.8 Å². The van der Waals surface area contributed by atoms with Crippen LogP contribution in [0.15, 0.2) is 24.5 Å². The summed E-state index contributed by atoms with van der Waals surface area (Å²) in [6.45, 7) is 4.28. The molecule has 6 nitrogen and oxygen atoms in total. The first-order valence-electron chi connectivity index (χ1n) is 7.07. The van der Waals surface area contributed by atoms with Crippen molar-refractivity contribution in [1.82, 2.24) is 19.9 Å². The van der Waals surface area contributed by atoms with E-state index < -0.39 is 0 Å². The van der Waals surface area contributed by atoms with Gasteiger partial charge in [0.25, 0.3) is 0 Å². The van der Waals surface area contributed by atoms with E-state index in [0.29, 0.717) is 11.5 Å². The van der Waals surface area contributed by atoms with Crippen molar-refractivity contribution in [3.63, 3.8) is 0 Å². The van der Waals surface area contributed by atoms with Crippen LogP contribution in [0.4, 0.5) is 17.5 Å². The summed E-state index contributed by atoms with van der Waals surface area (Å²) in [4.78, 5) is 15.6. The topological polar surface area (TPSA) is 92.5 Å². The Morgan fingerprint density at radius 2 is 1.86 bits per heavy atom. The summed E-state index contributed by atoms with van der Waals surface area (Å²) in [6.07, 6.45) is 3.49. The second-order valence-corrected chi connectivity index (χ2v) is 4.81. The molecule has 0 radical (unpaired) electrons. The third kappa shape index (κ3) is 2.40. The highest BCUT2D eigenvalue weighted by Crippen LogP contribution is 2.28. The van der Waals surface area contributed by atoms with Crippen LogP contribution >= 0.6 is 0 Å². The van der Waals surface area contributed by atoms with Crippen LogP contribution in [0.3, 0.4) is 0 Å². The number of nitrogens with two attached hydrogens (primary N) is 1. The fourth-order valence-electron chi connectivity index (χ4n) is 2.46. The Kier molecular flexibility index (Phi) is 3.43. The van der Waals surface area contributed by atoms with Gasteiger partial charge < -0.3 is 16.0 Å². The molecule has 0 aliphatic rings. The van der Waals surface area contributed by atoms with Crippen LogP contribution in [-0.4, -0.2) is 19.9 Å². The van der Waals surface area contributed by atoms with E-state index in [1.807, 2.05) is 0 Å². The van der Waals surface area contributed by atoms with Gasteiger partial charge in [0.05, 0.1) is 6.33 Å². The second kappa shape index (κ2) is 5.40. The van der Waals surface area contributed by atoms with Gasteiger partial charge in [-0.25, -0.2) is 4.98 Å². The number of hydrogen-bond acceptors (Lipinski definition) is 5.